The molecule has 0 saturated carbocycles. The highest BCUT2D eigenvalue weighted by atomic mass is 32.1. The number of benzene rings is 1. The fraction of sp³-hybridized carbons (Fsp3) is 0.294. The van der Waals surface area contributed by atoms with E-state index in [9.17, 15) is 10.2 Å². The zero-order valence-corrected chi connectivity index (χ0v) is 14.4. The lowest BCUT2D eigenvalue weighted by molar-refractivity contribution is 0.195. The molecule has 0 spiro atoms. The standard InChI is InChI=1S/C17H23N3O2S/c1-9(6-15(18)20-8-10(2)21)16(19)12-4-5-14-13(17(12)22)7-11(3)23-14/h4-7,10,20-22H,8,18-19H2,1-3H3/b15-6+,16-9-. The van der Waals surface area contributed by atoms with Gasteiger partial charge in [0.25, 0.3) is 0 Å². The van der Waals surface area contributed by atoms with Crippen molar-refractivity contribution in [3.63, 3.8) is 0 Å². The van der Waals surface area contributed by atoms with E-state index in [1.807, 2.05) is 32.0 Å². The van der Waals surface area contributed by atoms with E-state index in [2.05, 4.69) is 5.32 Å². The third kappa shape index (κ3) is 3.97. The number of nitrogens with two attached hydrogens (primary N) is 2. The minimum Gasteiger partial charge on any atom is -0.507 e. The first kappa shape index (κ1) is 17.2. The summed E-state index contributed by atoms with van der Waals surface area (Å²) in [5.41, 5.74) is 13.8. The highest BCUT2D eigenvalue weighted by Crippen LogP contribution is 2.36. The molecule has 0 amide bonds. The second-order valence-corrected chi connectivity index (χ2v) is 6.94. The third-order valence-electron chi connectivity index (χ3n) is 3.48. The van der Waals surface area contributed by atoms with Crippen molar-refractivity contribution in [2.45, 2.75) is 26.9 Å². The molecule has 0 aliphatic heterocycles. The molecule has 0 fully saturated rings. The third-order valence-corrected chi connectivity index (χ3v) is 4.50. The zero-order valence-electron chi connectivity index (χ0n) is 13.6. The molecule has 1 aromatic carbocycles. The van der Waals surface area contributed by atoms with Crippen LogP contribution in [-0.2, 0) is 0 Å². The van der Waals surface area contributed by atoms with Crippen LogP contribution in [0.2, 0.25) is 0 Å². The fourth-order valence-electron chi connectivity index (χ4n) is 2.28. The monoisotopic (exact) mass is 333 g/mol. The van der Waals surface area contributed by atoms with Crippen molar-refractivity contribution in [3.05, 3.63) is 46.1 Å². The minimum atomic E-state index is -0.489. The molecule has 0 aliphatic carbocycles. The molecule has 2 aromatic rings. The smallest absolute Gasteiger partial charge is 0.133 e. The van der Waals surface area contributed by atoms with Crippen LogP contribution in [-0.4, -0.2) is 22.9 Å². The van der Waals surface area contributed by atoms with Gasteiger partial charge in [0.1, 0.15) is 5.75 Å². The maximum atomic E-state index is 10.5. The second kappa shape index (κ2) is 6.93. The quantitative estimate of drug-likeness (QED) is 0.540. The Morgan fingerprint density at radius 1 is 1.39 bits per heavy atom. The van der Waals surface area contributed by atoms with Crippen LogP contribution in [0.15, 0.2) is 35.7 Å². The number of aliphatic hydroxyl groups excluding tert-OH is 1. The van der Waals surface area contributed by atoms with Crippen molar-refractivity contribution in [1.82, 2.24) is 5.32 Å². The first-order valence-electron chi connectivity index (χ1n) is 7.37. The van der Waals surface area contributed by atoms with Crippen molar-refractivity contribution < 1.29 is 10.2 Å². The van der Waals surface area contributed by atoms with Crippen LogP contribution < -0.4 is 16.8 Å². The number of allylic oxidation sites excluding steroid dienone is 2. The second-order valence-electron chi connectivity index (χ2n) is 5.66. The van der Waals surface area contributed by atoms with Gasteiger partial charge in [0, 0.05) is 32.8 Å². The number of phenols is 1. The summed E-state index contributed by atoms with van der Waals surface area (Å²) in [6.45, 7) is 5.87. The number of hydrogen-bond acceptors (Lipinski definition) is 6. The SMILES string of the molecule is CC(/C=C(\N)NCC(C)O)=C(/N)c1ccc2sc(C)cc2c1O. The Labute approximate surface area is 139 Å². The van der Waals surface area contributed by atoms with Crippen molar-refractivity contribution in [2.75, 3.05) is 6.54 Å². The number of hydrogen-bond donors (Lipinski definition) is 5. The van der Waals surface area contributed by atoms with E-state index in [0.29, 0.717) is 23.6 Å². The first-order chi connectivity index (χ1) is 10.8. The van der Waals surface area contributed by atoms with Gasteiger partial charge in [-0.1, -0.05) is 0 Å². The van der Waals surface area contributed by atoms with Crippen LogP contribution >= 0.6 is 11.3 Å². The van der Waals surface area contributed by atoms with Crippen LogP contribution in [0, 0.1) is 6.92 Å². The Morgan fingerprint density at radius 3 is 2.74 bits per heavy atom. The summed E-state index contributed by atoms with van der Waals surface area (Å²) in [7, 11) is 0. The Bertz CT molecular complexity index is 775. The Morgan fingerprint density at radius 2 is 2.09 bits per heavy atom. The van der Waals surface area contributed by atoms with E-state index in [-0.39, 0.29) is 5.75 Å². The van der Waals surface area contributed by atoms with Gasteiger partial charge < -0.3 is 27.0 Å². The molecule has 124 valence electrons. The number of thiophene rings is 1. The Balaban J connectivity index is 2.36. The molecule has 1 aromatic heterocycles. The average Bonchev–Trinajstić information content (AvgIpc) is 2.86. The van der Waals surface area contributed by atoms with Crippen molar-refractivity contribution in [1.29, 1.82) is 0 Å². The van der Waals surface area contributed by atoms with Crippen LogP contribution in [0.5, 0.6) is 5.75 Å². The highest BCUT2D eigenvalue weighted by Gasteiger charge is 2.12. The van der Waals surface area contributed by atoms with Crippen molar-refractivity contribution >= 4 is 27.1 Å². The van der Waals surface area contributed by atoms with Crippen LogP contribution in [0.1, 0.15) is 24.3 Å². The molecular weight excluding hydrogens is 310 g/mol. The number of aliphatic hydroxyl groups is 1. The summed E-state index contributed by atoms with van der Waals surface area (Å²) in [6, 6.07) is 5.73. The van der Waals surface area contributed by atoms with Crippen LogP contribution in [0.4, 0.5) is 0 Å². The molecular formula is C17H23N3O2S. The van der Waals surface area contributed by atoms with Gasteiger partial charge in [-0.15, -0.1) is 11.3 Å². The Kier molecular flexibility index (Phi) is 5.18. The summed E-state index contributed by atoms with van der Waals surface area (Å²) < 4.78 is 1.03. The molecule has 6 heteroatoms. The maximum absolute atomic E-state index is 10.5. The molecule has 1 atom stereocenters. The molecule has 0 saturated heterocycles. The predicted octanol–water partition coefficient (Wildman–Crippen LogP) is 2.38. The van der Waals surface area contributed by atoms with Gasteiger partial charge in [-0.2, -0.15) is 0 Å². The van der Waals surface area contributed by atoms with Gasteiger partial charge in [0.2, 0.25) is 0 Å². The molecule has 2 rings (SSSR count). The molecule has 0 aliphatic rings. The maximum Gasteiger partial charge on any atom is 0.133 e. The van der Waals surface area contributed by atoms with Crippen molar-refractivity contribution in [2.24, 2.45) is 11.5 Å². The van der Waals surface area contributed by atoms with E-state index in [1.54, 1.807) is 24.3 Å². The van der Waals surface area contributed by atoms with Gasteiger partial charge in [-0.05, 0) is 50.6 Å². The van der Waals surface area contributed by atoms with E-state index < -0.39 is 6.10 Å². The highest BCUT2D eigenvalue weighted by molar-refractivity contribution is 7.19. The summed E-state index contributed by atoms with van der Waals surface area (Å²) in [6.07, 6.45) is 1.21. The zero-order chi connectivity index (χ0) is 17.1. The largest absolute Gasteiger partial charge is 0.507 e. The lowest BCUT2D eigenvalue weighted by Gasteiger charge is -2.11. The van der Waals surface area contributed by atoms with E-state index >= 15 is 0 Å². The number of rotatable bonds is 5. The molecule has 0 bridgehead atoms. The topological polar surface area (TPSA) is 105 Å². The van der Waals surface area contributed by atoms with Gasteiger partial charge >= 0.3 is 0 Å². The number of aromatic hydroxyl groups is 1. The van der Waals surface area contributed by atoms with Gasteiger partial charge in [-0.3, -0.25) is 0 Å². The summed E-state index contributed by atoms with van der Waals surface area (Å²) in [5.74, 6) is 0.603. The van der Waals surface area contributed by atoms with Gasteiger partial charge in [0.15, 0.2) is 0 Å². The van der Waals surface area contributed by atoms with E-state index in [1.165, 1.54) is 0 Å². The van der Waals surface area contributed by atoms with Crippen LogP contribution in [0.3, 0.4) is 0 Å². The number of aryl methyl sites for hydroxylation is 1. The fourth-order valence-corrected chi connectivity index (χ4v) is 3.21. The van der Waals surface area contributed by atoms with Gasteiger partial charge in [0.05, 0.1) is 11.9 Å². The van der Waals surface area contributed by atoms with E-state index in [0.717, 1.165) is 20.5 Å². The predicted molar refractivity (Wildman–Crippen MR) is 97.0 cm³/mol. The number of nitrogens with one attached hydrogen (secondary N) is 1. The molecule has 23 heavy (non-hydrogen) atoms. The average molecular weight is 333 g/mol. The molecule has 1 unspecified atom stereocenters. The number of fused-ring (bicyclic) bond motifs is 1. The minimum absolute atomic E-state index is 0.188. The summed E-state index contributed by atoms with van der Waals surface area (Å²) in [5, 5.41) is 23.4. The van der Waals surface area contributed by atoms with Crippen LogP contribution in [0.25, 0.3) is 15.8 Å². The van der Waals surface area contributed by atoms with Crippen molar-refractivity contribution in [3.8, 4) is 5.75 Å². The molecule has 0 radical (unpaired) electrons. The molecule has 5 nitrogen and oxygen atoms in total. The first-order valence-corrected chi connectivity index (χ1v) is 8.19. The molecule has 7 N–H and O–H groups in total. The Hall–Kier alpha value is -2.18. The van der Waals surface area contributed by atoms with E-state index in [4.69, 9.17) is 11.5 Å². The molecule has 1 heterocycles. The lowest BCUT2D eigenvalue weighted by atomic mass is 10.0. The number of phenolic OH excluding ortho intramolecular Hbond substituents is 1. The summed E-state index contributed by atoms with van der Waals surface area (Å²) >= 11 is 1.63. The lowest BCUT2D eigenvalue weighted by Crippen LogP contribution is -2.27. The normalized spacial score (nSPS) is 14.7. The van der Waals surface area contributed by atoms with Gasteiger partial charge in [-0.25, -0.2) is 0 Å². The summed E-state index contributed by atoms with van der Waals surface area (Å²) in [4.78, 5) is 1.14.